The fourth-order valence-corrected chi connectivity index (χ4v) is 4.51. The number of nitrogens with two attached hydrogens (primary N) is 1. The summed E-state index contributed by atoms with van der Waals surface area (Å²) < 4.78 is 26.6. The maximum absolute atomic E-state index is 12.5. The summed E-state index contributed by atoms with van der Waals surface area (Å²) in [7, 11) is -2.21. The minimum atomic E-state index is -3.58. The molecule has 0 unspecified atom stereocenters. The number of carbonyl (C=O) groups excluding carboxylic acids is 1. The molecular weight excluding hydrogens is 398 g/mol. The highest BCUT2D eigenvalue weighted by molar-refractivity contribution is 7.89. The normalized spacial score (nSPS) is 12.7. The summed E-state index contributed by atoms with van der Waals surface area (Å²) in [5, 5.41) is 4.85. The van der Waals surface area contributed by atoms with Gasteiger partial charge >= 0.3 is 0 Å². The van der Waals surface area contributed by atoms with Gasteiger partial charge in [0.15, 0.2) is 6.54 Å². The molecule has 2 aromatic carbocycles. The minimum absolute atomic E-state index is 0.166. The minimum Gasteiger partial charge on any atom is -0.332 e. The molecule has 1 amide bonds. The number of amides is 1. The third kappa shape index (κ3) is 6.39. The van der Waals surface area contributed by atoms with E-state index in [1.807, 2.05) is 5.32 Å². The summed E-state index contributed by atoms with van der Waals surface area (Å²) in [6.07, 6.45) is 2.19. The molecule has 2 rings (SSSR count). The van der Waals surface area contributed by atoms with Gasteiger partial charge in [-0.3, -0.25) is 4.79 Å². The predicted octanol–water partition coefficient (Wildman–Crippen LogP) is 2.75. The van der Waals surface area contributed by atoms with Gasteiger partial charge in [-0.15, -0.1) is 0 Å². The van der Waals surface area contributed by atoms with E-state index in [4.69, 9.17) is 0 Å². The maximum atomic E-state index is 12.5. The first-order valence-corrected chi connectivity index (χ1v) is 11.9. The standard InChI is InChI=1S/C23H33N3O3S/c1-6-7-18-9-11-19(12-10-18)23(16(2)3)25-15-22(27)26-20-13-8-17(4)21(14-20)30(28,29)24-5/h8-14,16,23-25H,6-7,15H2,1-5H3,(H,26,27)/p+1/t23-/m0/s1. The van der Waals surface area contributed by atoms with Crippen molar-refractivity contribution < 1.29 is 18.5 Å². The van der Waals surface area contributed by atoms with E-state index in [2.05, 4.69) is 55.1 Å². The van der Waals surface area contributed by atoms with Crippen molar-refractivity contribution in [3.05, 3.63) is 59.2 Å². The maximum Gasteiger partial charge on any atom is 0.279 e. The smallest absolute Gasteiger partial charge is 0.279 e. The number of quaternary nitrogens is 1. The molecule has 0 aliphatic rings. The van der Waals surface area contributed by atoms with Gasteiger partial charge in [-0.1, -0.05) is 57.5 Å². The molecule has 0 aliphatic carbocycles. The molecule has 4 N–H and O–H groups in total. The number of hydrogen-bond donors (Lipinski definition) is 3. The highest BCUT2D eigenvalue weighted by Crippen LogP contribution is 2.20. The van der Waals surface area contributed by atoms with Crippen molar-refractivity contribution in [1.82, 2.24) is 4.72 Å². The van der Waals surface area contributed by atoms with Crippen LogP contribution in [0.15, 0.2) is 47.4 Å². The van der Waals surface area contributed by atoms with Crippen LogP contribution >= 0.6 is 0 Å². The lowest BCUT2D eigenvalue weighted by molar-refractivity contribution is -0.692. The van der Waals surface area contributed by atoms with Gasteiger partial charge in [0.05, 0.1) is 4.90 Å². The Kier molecular flexibility index (Phi) is 8.58. The van der Waals surface area contributed by atoms with Crippen LogP contribution in [0.4, 0.5) is 5.69 Å². The van der Waals surface area contributed by atoms with Crippen molar-refractivity contribution in [2.75, 3.05) is 18.9 Å². The third-order valence-corrected chi connectivity index (χ3v) is 6.77. The molecule has 164 valence electrons. The average Bonchev–Trinajstić information content (AvgIpc) is 2.70. The Morgan fingerprint density at radius 3 is 2.33 bits per heavy atom. The first-order valence-electron chi connectivity index (χ1n) is 10.4. The quantitative estimate of drug-likeness (QED) is 0.539. The average molecular weight is 433 g/mol. The van der Waals surface area contributed by atoms with Crippen LogP contribution in [0.2, 0.25) is 0 Å². The van der Waals surface area contributed by atoms with Gasteiger partial charge in [0, 0.05) is 17.2 Å². The number of carbonyl (C=O) groups is 1. The first-order chi connectivity index (χ1) is 14.2. The Hall–Kier alpha value is -2.22. The zero-order valence-corrected chi connectivity index (χ0v) is 19.3. The fourth-order valence-electron chi connectivity index (χ4n) is 3.51. The van der Waals surface area contributed by atoms with Crippen LogP contribution in [-0.4, -0.2) is 27.9 Å². The van der Waals surface area contributed by atoms with Crippen LogP contribution < -0.4 is 15.4 Å². The van der Waals surface area contributed by atoms with Crippen molar-refractivity contribution in [1.29, 1.82) is 0 Å². The molecule has 0 saturated heterocycles. The van der Waals surface area contributed by atoms with Crippen LogP contribution in [0.5, 0.6) is 0 Å². The molecule has 0 heterocycles. The van der Waals surface area contributed by atoms with Gasteiger partial charge in [-0.25, -0.2) is 13.1 Å². The summed E-state index contributed by atoms with van der Waals surface area (Å²) in [5.41, 5.74) is 3.63. The number of anilines is 1. The highest BCUT2D eigenvalue weighted by Gasteiger charge is 2.21. The number of nitrogens with one attached hydrogen (secondary N) is 2. The molecule has 0 radical (unpaired) electrons. The lowest BCUT2D eigenvalue weighted by Crippen LogP contribution is -2.88. The second kappa shape index (κ2) is 10.7. The van der Waals surface area contributed by atoms with Gasteiger partial charge in [0.1, 0.15) is 6.04 Å². The van der Waals surface area contributed by atoms with Gasteiger partial charge in [0.2, 0.25) is 10.0 Å². The summed E-state index contributed by atoms with van der Waals surface area (Å²) in [6.45, 7) is 8.44. The highest BCUT2D eigenvalue weighted by atomic mass is 32.2. The number of hydrogen-bond acceptors (Lipinski definition) is 3. The lowest BCUT2D eigenvalue weighted by atomic mass is 9.94. The van der Waals surface area contributed by atoms with Gasteiger partial charge in [-0.2, -0.15) is 0 Å². The Balaban J connectivity index is 2.05. The first kappa shape index (κ1) is 24.1. The van der Waals surface area contributed by atoms with Crippen molar-refractivity contribution in [2.45, 2.75) is 51.5 Å². The Bertz CT molecular complexity index is 954. The van der Waals surface area contributed by atoms with E-state index in [9.17, 15) is 13.2 Å². The Labute approximate surface area is 180 Å². The number of aryl methyl sites for hydroxylation is 2. The summed E-state index contributed by atoms with van der Waals surface area (Å²) in [6, 6.07) is 13.7. The van der Waals surface area contributed by atoms with Crippen molar-refractivity contribution in [3.8, 4) is 0 Å². The molecule has 2 aromatic rings. The lowest BCUT2D eigenvalue weighted by Gasteiger charge is -2.20. The Morgan fingerprint density at radius 2 is 1.77 bits per heavy atom. The second-order valence-electron chi connectivity index (χ2n) is 7.94. The number of benzene rings is 2. The van der Waals surface area contributed by atoms with Gasteiger partial charge < -0.3 is 10.6 Å². The molecule has 30 heavy (non-hydrogen) atoms. The largest absolute Gasteiger partial charge is 0.332 e. The van der Waals surface area contributed by atoms with E-state index in [0.717, 1.165) is 12.8 Å². The van der Waals surface area contributed by atoms with E-state index in [1.54, 1.807) is 19.1 Å². The molecule has 0 saturated carbocycles. The predicted molar refractivity (Wildman–Crippen MR) is 121 cm³/mol. The summed E-state index contributed by atoms with van der Waals surface area (Å²) in [5.74, 6) is 0.196. The van der Waals surface area contributed by atoms with Crippen molar-refractivity contribution >= 4 is 21.6 Å². The molecule has 0 bridgehead atoms. The SMILES string of the molecule is CCCc1ccc([C@@H]([NH2+]CC(=O)Nc2ccc(C)c(S(=O)(=O)NC)c2)C(C)C)cc1. The zero-order chi connectivity index (χ0) is 22.3. The van der Waals surface area contributed by atoms with Crippen LogP contribution in [0.3, 0.4) is 0 Å². The zero-order valence-electron chi connectivity index (χ0n) is 18.5. The van der Waals surface area contributed by atoms with Crippen LogP contribution in [0, 0.1) is 12.8 Å². The van der Waals surface area contributed by atoms with E-state index in [1.165, 1.54) is 24.2 Å². The monoisotopic (exact) mass is 432 g/mol. The summed E-state index contributed by atoms with van der Waals surface area (Å²) >= 11 is 0. The van der Waals surface area contributed by atoms with Gasteiger partial charge in [-0.05, 0) is 43.7 Å². The Morgan fingerprint density at radius 1 is 1.10 bits per heavy atom. The molecule has 0 spiro atoms. The van der Waals surface area contributed by atoms with Crippen LogP contribution in [0.1, 0.15) is 49.9 Å². The van der Waals surface area contributed by atoms with Crippen LogP contribution in [0.25, 0.3) is 0 Å². The summed E-state index contributed by atoms with van der Waals surface area (Å²) in [4.78, 5) is 12.7. The fraction of sp³-hybridized carbons (Fsp3) is 0.435. The molecule has 6 nitrogen and oxygen atoms in total. The molecule has 1 atom stereocenters. The van der Waals surface area contributed by atoms with Crippen molar-refractivity contribution in [2.24, 2.45) is 5.92 Å². The van der Waals surface area contributed by atoms with Gasteiger partial charge in [0.25, 0.3) is 5.91 Å². The molecule has 0 fully saturated rings. The molecule has 0 aromatic heterocycles. The topological polar surface area (TPSA) is 91.9 Å². The van der Waals surface area contributed by atoms with E-state index in [0.29, 0.717) is 17.2 Å². The van der Waals surface area contributed by atoms with E-state index >= 15 is 0 Å². The molecular formula is C23H34N3O3S+. The van der Waals surface area contributed by atoms with Crippen molar-refractivity contribution in [3.63, 3.8) is 0 Å². The molecule has 0 aliphatic heterocycles. The second-order valence-corrected chi connectivity index (χ2v) is 9.79. The van der Waals surface area contributed by atoms with E-state index in [-0.39, 0.29) is 23.4 Å². The molecule has 7 heteroatoms. The van der Waals surface area contributed by atoms with E-state index < -0.39 is 10.0 Å². The number of rotatable bonds is 10. The third-order valence-electron chi connectivity index (χ3n) is 5.21. The van der Waals surface area contributed by atoms with Crippen LogP contribution in [-0.2, 0) is 21.2 Å². The number of sulfonamides is 1.